The summed E-state index contributed by atoms with van der Waals surface area (Å²) in [6.45, 7) is 1.34. The van der Waals surface area contributed by atoms with Crippen molar-refractivity contribution in [2.24, 2.45) is 0 Å². The molecular formula is C19H18F3NO5. The highest BCUT2D eigenvalue weighted by Crippen LogP contribution is 2.30. The van der Waals surface area contributed by atoms with E-state index in [2.05, 4.69) is 5.32 Å². The average molecular weight is 397 g/mol. The Bertz CT molecular complexity index is 850. The third-order valence-electron chi connectivity index (χ3n) is 3.76. The Hall–Kier alpha value is -3.23. The topological polar surface area (TPSA) is 73.9 Å². The first-order valence-electron chi connectivity index (χ1n) is 8.07. The minimum atomic E-state index is -4.47. The van der Waals surface area contributed by atoms with E-state index in [-0.39, 0.29) is 17.0 Å². The smallest absolute Gasteiger partial charge is 0.416 e. The number of ether oxygens (including phenoxy) is 3. The molecule has 1 N–H and O–H groups in total. The Morgan fingerprint density at radius 3 is 2.18 bits per heavy atom. The second kappa shape index (κ2) is 8.64. The molecule has 2 aromatic carbocycles. The molecule has 150 valence electrons. The van der Waals surface area contributed by atoms with Crippen LogP contribution in [0.3, 0.4) is 0 Å². The van der Waals surface area contributed by atoms with Gasteiger partial charge in [0.15, 0.2) is 6.10 Å². The van der Waals surface area contributed by atoms with Gasteiger partial charge in [-0.05, 0) is 43.3 Å². The van der Waals surface area contributed by atoms with Gasteiger partial charge >= 0.3 is 12.1 Å². The van der Waals surface area contributed by atoms with Crippen LogP contribution < -0.4 is 14.8 Å². The average Bonchev–Trinajstić information content (AvgIpc) is 2.66. The molecule has 9 heteroatoms. The van der Waals surface area contributed by atoms with Gasteiger partial charge in [0.25, 0.3) is 5.91 Å². The monoisotopic (exact) mass is 397 g/mol. The van der Waals surface area contributed by atoms with Crippen LogP contribution in [-0.4, -0.2) is 32.2 Å². The fourth-order valence-corrected chi connectivity index (χ4v) is 2.23. The zero-order valence-corrected chi connectivity index (χ0v) is 15.3. The number of methoxy groups -OCH3 is 2. The number of alkyl halides is 3. The molecule has 0 bridgehead atoms. The van der Waals surface area contributed by atoms with Crippen LogP contribution >= 0.6 is 0 Å². The summed E-state index contributed by atoms with van der Waals surface area (Å²) in [5.41, 5.74) is -0.600. The molecule has 0 aliphatic heterocycles. The molecule has 2 aromatic rings. The van der Waals surface area contributed by atoms with E-state index >= 15 is 0 Å². The van der Waals surface area contributed by atoms with Gasteiger partial charge in [0, 0.05) is 11.8 Å². The molecule has 28 heavy (non-hydrogen) atoms. The predicted molar refractivity (Wildman–Crippen MR) is 94.5 cm³/mol. The third kappa shape index (κ3) is 5.15. The van der Waals surface area contributed by atoms with Crippen molar-refractivity contribution in [2.75, 3.05) is 19.5 Å². The first kappa shape index (κ1) is 21.1. The lowest BCUT2D eigenvalue weighted by Crippen LogP contribution is -2.30. The van der Waals surface area contributed by atoms with Gasteiger partial charge in [0.05, 0.1) is 19.8 Å². The summed E-state index contributed by atoms with van der Waals surface area (Å²) in [6.07, 6.45) is -5.66. The largest absolute Gasteiger partial charge is 0.497 e. The lowest BCUT2D eigenvalue weighted by Gasteiger charge is -2.15. The number of carbonyl (C=O) groups excluding carboxylic acids is 2. The van der Waals surface area contributed by atoms with Crippen molar-refractivity contribution in [3.63, 3.8) is 0 Å². The van der Waals surface area contributed by atoms with Crippen LogP contribution in [-0.2, 0) is 15.7 Å². The number of anilines is 1. The molecule has 0 spiro atoms. The lowest BCUT2D eigenvalue weighted by atomic mass is 10.2. The van der Waals surface area contributed by atoms with Gasteiger partial charge in [-0.3, -0.25) is 4.79 Å². The highest BCUT2D eigenvalue weighted by atomic mass is 19.4. The molecule has 0 saturated carbocycles. The van der Waals surface area contributed by atoms with Crippen LogP contribution in [0.5, 0.6) is 11.5 Å². The van der Waals surface area contributed by atoms with E-state index < -0.39 is 29.7 Å². The van der Waals surface area contributed by atoms with Gasteiger partial charge in [0.1, 0.15) is 17.1 Å². The quantitative estimate of drug-likeness (QED) is 0.749. The molecule has 0 fully saturated rings. The standard InChI is InChI=1S/C19H18F3NO5/c1-11(17(24)23-13-6-4-12(5-7-13)19(20,21)22)28-18(25)15-9-8-14(26-2)10-16(15)27-3/h4-11H,1-3H3,(H,23,24)/t11-/m0/s1. The summed E-state index contributed by atoms with van der Waals surface area (Å²) >= 11 is 0. The van der Waals surface area contributed by atoms with Crippen LogP contribution in [0.2, 0.25) is 0 Å². The van der Waals surface area contributed by atoms with Crippen molar-refractivity contribution >= 4 is 17.6 Å². The van der Waals surface area contributed by atoms with E-state index in [0.29, 0.717) is 5.75 Å². The summed E-state index contributed by atoms with van der Waals surface area (Å²) in [6, 6.07) is 8.36. The van der Waals surface area contributed by atoms with Crippen molar-refractivity contribution < 1.29 is 37.0 Å². The molecule has 2 rings (SSSR count). The molecule has 0 aliphatic carbocycles. The highest BCUT2D eigenvalue weighted by Gasteiger charge is 2.30. The molecular weight excluding hydrogens is 379 g/mol. The van der Waals surface area contributed by atoms with Gasteiger partial charge in [-0.1, -0.05) is 0 Å². The van der Waals surface area contributed by atoms with Crippen LogP contribution in [0.25, 0.3) is 0 Å². The van der Waals surface area contributed by atoms with Crippen molar-refractivity contribution in [2.45, 2.75) is 19.2 Å². The Kier molecular flexibility index (Phi) is 6.50. The number of hydrogen-bond donors (Lipinski definition) is 1. The Balaban J connectivity index is 2.03. The molecule has 0 unspecified atom stereocenters. The first-order valence-corrected chi connectivity index (χ1v) is 8.07. The first-order chi connectivity index (χ1) is 13.2. The number of esters is 1. The van der Waals surface area contributed by atoms with Gasteiger partial charge in [-0.25, -0.2) is 4.79 Å². The van der Waals surface area contributed by atoms with Crippen LogP contribution in [0, 0.1) is 0 Å². The van der Waals surface area contributed by atoms with E-state index in [1.165, 1.54) is 39.3 Å². The molecule has 6 nitrogen and oxygen atoms in total. The molecule has 0 radical (unpaired) electrons. The maximum absolute atomic E-state index is 12.6. The fourth-order valence-electron chi connectivity index (χ4n) is 2.23. The van der Waals surface area contributed by atoms with E-state index in [4.69, 9.17) is 14.2 Å². The maximum Gasteiger partial charge on any atom is 0.416 e. The zero-order chi connectivity index (χ0) is 20.9. The Morgan fingerprint density at radius 2 is 1.64 bits per heavy atom. The third-order valence-corrected chi connectivity index (χ3v) is 3.76. The van der Waals surface area contributed by atoms with Crippen LogP contribution in [0.15, 0.2) is 42.5 Å². The molecule has 0 aliphatic rings. The summed E-state index contributed by atoms with van der Waals surface area (Å²) < 4.78 is 52.9. The van der Waals surface area contributed by atoms with Gasteiger partial charge in [-0.15, -0.1) is 0 Å². The molecule has 1 atom stereocenters. The SMILES string of the molecule is COc1ccc(C(=O)O[C@@H](C)C(=O)Nc2ccc(C(F)(F)F)cc2)c(OC)c1. The summed E-state index contributed by atoms with van der Waals surface area (Å²) in [5.74, 6) is -0.809. The molecule has 0 saturated heterocycles. The summed E-state index contributed by atoms with van der Waals surface area (Å²) in [7, 11) is 2.83. The van der Waals surface area contributed by atoms with E-state index in [9.17, 15) is 22.8 Å². The Labute approximate surface area is 159 Å². The van der Waals surface area contributed by atoms with Crippen molar-refractivity contribution in [3.05, 3.63) is 53.6 Å². The van der Waals surface area contributed by atoms with Gasteiger partial charge in [-0.2, -0.15) is 13.2 Å². The number of benzene rings is 2. The molecule has 1 amide bonds. The number of carbonyl (C=O) groups is 2. The van der Waals surface area contributed by atoms with E-state index in [1.54, 1.807) is 0 Å². The van der Waals surface area contributed by atoms with Crippen LogP contribution in [0.4, 0.5) is 18.9 Å². The number of amides is 1. The second-order valence-corrected chi connectivity index (χ2v) is 5.68. The van der Waals surface area contributed by atoms with Crippen molar-refractivity contribution in [3.8, 4) is 11.5 Å². The van der Waals surface area contributed by atoms with Gasteiger partial charge in [0.2, 0.25) is 0 Å². The Morgan fingerprint density at radius 1 is 1.00 bits per heavy atom. The summed E-state index contributed by atoms with van der Waals surface area (Å²) in [4.78, 5) is 24.5. The van der Waals surface area contributed by atoms with Crippen LogP contribution in [0.1, 0.15) is 22.8 Å². The highest BCUT2D eigenvalue weighted by molar-refractivity contribution is 5.98. The molecule has 0 heterocycles. The summed E-state index contributed by atoms with van der Waals surface area (Å²) in [5, 5.41) is 2.39. The zero-order valence-electron chi connectivity index (χ0n) is 15.3. The molecule has 0 aromatic heterocycles. The van der Waals surface area contributed by atoms with Crippen molar-refractivity contribution in [1.29, 1.82) is 0 Å². The second-order valence-electron chi connectivity index (χ2n) is 5.68. The number of nitrogens with one attached hydrogen (secondary N) is 1. The lowest BCUT2D eigenvalue weighted by molar-refractivity contribution is -0.137. The number of halogens is 3. The van der Waals surface area contributed by atoms with Gasteiger partial charge < -0.3 is 19.5 Å². The number of rotatable bonds is 6. The maximum atomic E-state index is 12.6. The van der Waals surface area contributed by atoms with Crippen molar-refractivity contribution in [1.82, 2.24) is 0 Å². The number of hydrogen-bond acceptors (Lipinski definition) is 5. The minimum absolute atomic E-state index is 0.0949. The van der Waals surface area contributed by atoms with E-state index in [1.807, 2.05) is 0 Å². The predicted octanol–water partition coefficient (Wildman–Crippen LogP) is 3.91. The van der Waals surface area contributed by atoms with E-state index in [0.717, 1.165) is 24.3 Å². The normalized spacial score (nSPS) is 12.1. The minimum Gasteiger partial charge on any atom is -0.497 e. The fraction of sp³-hybridized carbons (Fsp3) is 0.263.